The average molecular weight is 320 g/mol. The van der Waals surface area contributed by atoms with Crippen LogP contribution < -0.4 is 11.2 Å². The second-order valence-corrected chi connectivity index (χ2v) is 6.95. The summed E-state index contributed by atoms with van der Waals surface area (Å²) in [6.45, 7) is 8.17. The second kappa shape index (κ2) is 6.15. The standard InChI is InChI=1S/C17H22ClN3O/c1-10-7-12(17(2,3)4)16(22)15(8-10)21-20-14-6-5-11(18)9-13(14)19/h5-9,13,21-22H,19H2,1-4H3/b20-14-. The highest BCUT2D eigenvalue weighted by Gasteiger charge is 2.21. The molecule has 1 aromatic carbocycles. The van der Waals surface area contributed by atoms with E-state index in [0.717, 1.165) is 11.1 Å². The van der Waals surface area contributed by atoms with Gasteiger partial charge in [-0.2, -0.15) is 5.10 Å². The van der Waals surface area contributed by atoms with Crippen molar-refractivity contribution in [2.24, 2.45) is 10.8 Å². The van der Waals surface area contributed by atoms with Crippen LogP contribution in [0.2, 0.25) is 0 Å². The summed E-state index contributed by atoms with van der Waals surface area (Å²) in [4.78, 5) is 0. The molecule has 1 unspecified atom stereocenters. The summed E-state index contributed by atoms with van der Waals surface area (Å²) in [5, 5.41) is 15.4. The Bertz CT molecular complexity index is 669. The van der Waals surface area contributed by atoms with Crippen molar-refractivity contribution in [3.05, 3.63) is 46.5 Å². The van der Waals surface area contributed by atoms with Crippen LogP contribution in [-0.4, -0.2) is 16.9 Å². The highest BCUT2D eigenvalue weighted by molar-refractivity contribution is 6.32. The van der Waals surface area contributed by atoms with Crippen LogP contribution in [0.25, 0.3) is 0 Å². The van der Waals surface area contributed by atoms with Gasteiger partial charge in [0.2, 0.25) is 0 Å². The molecule has 0 radical (unpaired) electrons. The van der Waals surface area contributed by atoms with E-state index in [0.29, 0.717) is 16.4 Å². The van der Waals surface area contributed by atoms with E-state index >= 15 is 0 Å². The molecule has 0 saturated heterocycles. The van der Waals surface area contributed by atoms with E-state index in [9.17, 15) is 5.11 Å². The molecule has 1 aromatic rings. The lowest BCUT2D eigenvalue weighted by Gasteiger charge is -2.23. The molecule has 0 aromatic heterocycles. The van der Waals surface area contributed by atoms with Gasteiger partial charge in [-0.25, -0.2) is 0 Å². The largest absolute Gasteiger partial charge is 0.505 e. The van der Waals surface area contributed by atoms with Crippen LogP contribution in [0, 0.1) is 6.92 Å². The Morgan fingerprint density at radius 1 is 1.27 bits per heavy atom. The van der Waals surface area contributed by atoms with Crippen molar-refractivity contribution >= 4 is 23.0 Å². The molecule has 22 heavy (non-hydrogen) atoms. The molecule has 0 saturated carbocycles. The molecule has 4 N–H and O–H groups in total. The van der Waals surface area contributed by atoms with Gasteiger partial charge >= 0.3 is 0 Å². The summed E-state index contributed by atoms with van der Waals surface area (Å²) in [6.07, 6.45) is 5.22. The summed E-state index contributed by atoms with van der Waals surface area (Å²) >= 11 is 5.89. The van der Waals surface area contributed by atoms with Crippen molar-refractivity contribution in [1.82, 2.24) is 0 Å². The third kappa shape index (κ3) is 3.70. The van der Waals surface area contributed by atoms with Crippen LogP contribution in [0.1, 0.15) is 31.9 Å². The molecule has 5 heteroatoms. The first-order valence-electron chi connectivity index (χ1n) is 7.17. The second-order valence-electron chi connectivity index (χ2n) is 6.52. The number of nitrogens with two attached hydrogens (primary N) is 1. The van der Waals surface area contributed by atoms with Gasteiger partial charge in [-0.05, 0) is 42.2 Å². The first kappa shape index (κ1) is 16.6. The van der Waals surface area contributed by atoms with Crippen molar-refractivity contribution in [1.29, 1.82) is 0 Å². The lowest BCUT2D eigenvalue weighted by Crippen LogP contribution is -2.29. The number of rotatable bonds is 2. The molecule has 0 heterocycles. The number of aromatic hydroxyl groups is 1. The Kier molecular flexibility index (Phi) is 4.63. The normalized spacial score (nSPS) is 20.2. The van der Waals surface area contributed by atoms with Gasteiger partial charge in [-0.1, -0.05) is 38.4 Å². The lowest BCUT2D eigenvalue weighted by molar-refractivity contribution is 0.448. The monoisotopic (exact) mass is 319 g/mol. The molecule has 118 valence electrons. The summed E-state index contributed by atoms with van der Waals surface area (Å²) in [5.74, 6) is 0.212. The minimum atomic E-state index is -0.362. The number of phenols is 1. The van der Waals surface area contributed by atoms with Gasteiger partial charge in [0.05, 0.1) is 17.4 Å². The van der Waals surface area contributed by atoms with Crippen molar-refractivity contribution in [2.75, 3.05) is 5.43 Å². The smallest absolute Gasteiger partial charge is 0.144 e. The number of halogens is 1. The number of nitrogens with one attached hydrogen (secondary N) is 1. The van der Waals surface area contributed by atoms with E-state index in [4.69, 9.17) is 17.3 Å². The number of phenolic OH excluding ortho intramolecular Hbond substituents is 1. The minimum absolute atomic E-state index is 0.156. The molecular formula is C17H22ClN3O. The first-order valence-corrected chi connectivity index (χ1v) is 7.55. The van der Waals surface area contributed by atoms with Gasteiger partial charge in [0.25, 0.3) is 0 Å². The van der Waals surface area contributed by atoms with E-state index in [-0.39, 0.29) is 17.2 Å². The predicted octanol–water partition coefficient (Wildman–Crippen LogP) is 3.79. The molecule has 0 bridgehead atoms. The lowest BCUT2D eigenvalue weighted by atomic mass is 9.85. The molecule has 1 atom stereocenters. The molecule has 4 nitrogen and oxygen atoms in total. The molecule has 0 fully saturated rings. The SMILES string of the molecule is Cc1cc(N/N=C2/C=CC(Cl)=CC2N)c(O)c(C(C)(C)C)c1. The fourth-order valence-corrected chi connectivity index (χ4v) is 2.46. The van der Waals surface area contributed by atoms with Crippen molar-refractivity contribution in [2.45, 2.75) is 39.2 Å². The van der Waals surface area contributed by atoms with Crippen LogP contribution in [0.5, 0.6) is 5.75 Å². The summed E-state index contributed by atoms with van der Waals surface area (Å²) in [7, 11) is 0. The van der Waals surface area contributed by atoms with Crippen LogP contribution in [0.4, 0.5) is 5.69 Å². The Balaban J connectivity index is 2.32. The highest BCUT2D eigenvalue weighted by Crippen LogP contribution is 2.37. The Hall–Kier alpha value is -1.78. The van der Waals surface area contributed by atoms with E-state index in [2.05, 4.69) is 31.3 Å². The van der Waals surface area contributed by atoms with Gasteiger partial charge in [0.1, 0.15) is 5.75 Å². The van der Waals surface area contributed by atoms with E-state index < -0.39 is 0 Å². The third-order valence-corrected chi connectivity index (χ3v) is 3.71. The summed E-state index contributed by atoms with van der Waals surface area (Å²) < 4.78 is 0. The summed E-state index contributed by atoms with van der Waals surface area (Å²) in [6, 6.07) is 3.48. The van der Waals surface area contributed by atoms with Crippen molar-refractivity contribution in [3.8, 4) is 5.75 Å². The van der Waals surface area contributed by atoms with Gasteiger partial charge < -0.3 is 10.8 Å². The summed E-state index contributed by atoms with van der Waals surface area (Å²) in [5.41, 5.74) is 11.9. The fourth-order valence-electron chi connectivity index (χ4n) is 2.26. The first-order chi connectivity index (χ1) is 10.2. The molecule has 0 amide bonds. The molecule has 1 aliphatic rings. The number of hydrazone groups is 1. The van der Waals surface area contributed by atoms with E-state index in [1.54, 1.807) is 18.2 Å². The predicted molar refractivity (Wildman–Crippen MR) is 93.7 cm³/mol. The maximum absolute atomic E-state index is 10.5. The number of allylic oxidation sites excluding steroid dienone is 2. The van der Waals surface area contributed by atoms with Crippen LogP contribution >= 0.6 is 11.6 Å². The van der Waals surface area contributed by atoms with E-state index in [1.165, 1.54) is 0 Å². The van der Waals surface area contributed by atoms with Gasteiger partial charge in [-0.3, -0.25) is 5.43 Å². The van der Waals surface area contributed by atoms with Crippen molar-refractivity contribution < 1.29 is 5.11 Å². The maximum atomic E-state index is 10.5. The maximum Gasteiger partial charge on any atom is 0.144 e. The van der Waals surface area contributed by atoms with Crippen LogP contribution in [0.15, 0.2) is 40.5 Å². The zero-order chi connectivity index (χ0) is 16.5. The number of hydrogen-bond donors (Lipinski definition) is 3. The minimum Gasteiger partial charge on any atom is -0.505 e. The highest BCUT2D eigenvalue weighted by atomic mass is 35.5. The topological polar surface area (TPSA) is 70.6 Å². The zero-order valence-electron chi connectivity index (χ0n) is 13.3. The number of aryl methyl sites for hydroxylation is 1. The molecular weight excluding hydrogens is 298 g/mol. The van der Waals surface area contributed by atoms with Crippen molar-refractivity contribution in [3.63, 3.8) is 0 Å². The third-order valence-electron chi connectivity index (χ3n) is 3.46. The van der Waals surface area contributed by atoms with Gasteiger partial charge in [0.15, 0.2) is 0 Å². The van der Waals surface area contributed by atoms with Gasteiger partial charge in [0, 0.05) is 10.6 Å². The number of benzene rings is 1. The fraction of sp³-hybridized carbons (Fsp3) is 0.353. The van der Waals surface area contributed by atoms with Gasteiger partial charge in [-0.15, -0.1) is 0 Å². The van der Waals surface area contributed by atoms with Crippen LogP contribution in [0.3, 0.4) is 0 Å². The number of hydrogen-bond acceptors (Lipinski definition) is 4. The van der Waals surface area contributed by atoms with Crippen LogP contribution in [-0.2, 0) is 5.41 Å². The average Bonchev–Trinajstić information content (AvgIpc) is 2.39. The molecule has 1 aliphatic carbocycles. The molecule has 0 aliphatic heterocycles. The quantitative estimate of drug-likeness (QED) is 0.574. The Morgan fingerprint density at radius 2 is 1.95 bits per heavy atom. The van der Waals surface area contributed by atoms with E-state index in [1.807, 2.05) is 19.1 Å². The molecule has 2 rings (SSSR count). The zero-order valence-corrected chi connectivity index (χ0v) is 14.1. The number of anilines is 1. The Morgan fingerprint density at radius 3 is 2.55 bits per heavy atom. The molecule has 0 spiro atoms. The number of nitrogens with zero attached hydrogens (tertiary/aromatic N) is 1. The Labute approximate surface area is 136 Å².